The van der Waals surface area contributed by atoms with Gasteiger partial charge >= 0.3 is 0 Å². The second-order valence-electron chi connectivity index (χ2n) is 5.69. The van der Waals surface area contributed by atoms with E-state index in [4.69, 9.17) is 9.47 Å². The number of rotatable bonds is 7. The summed E-state index contributed by atoms with van der Waals surface area (Å²) >= 11 is 1.53. The van der Waals surface area contributed by atoms with Gasteiger partial charge in [0.05, 0.1) is 19.8 Å². The van der Waals surface area contributed by atoms with Crippen LogP contribution in [0.1, 0.15) is 15.9 Å². The maximum absolute atomic E-state index is 12.8. The zero-order valence-electron chi connectivity index (χ0n) is 15.1. The molecule has 1 aromatic heterocycles. The van der Waals surface area contributed by atoms with Crippen LogP contribution in [0.2, 0.25) is 0 Å². The average Bonchev–Trinajstić information content (AvgIpc) is 2.72. The Bertz CT molecular complexity index is 894. The van der Waals surface area contributed by atoms with Crippen molar-refractivity contribution in [2.75, 3.05) is 19.5 Å². The first-order chi connectivity index (χ1) is 13.2. The molecule has 1 N–H and O–H groups in total. The molecule has 0 unspecified atom stereocenters. The van der Waals surface area contributed by atoms with Crippen molar-refractivity contribution >= 4 is 23.4 Å². The molecule has 6 heteroatoms. The molecule has 3 rings (SSSR count). The second-order valence-corrected chi connectivity index (χ2v) is 6.65. The smallest absolute Gasteiger partial charge is 0.258 e. The van der Waals surface area contributed by atoms with Gasteiger partial charge in [0.15, 0.2) is 0 Å². The van der Waals surface area contributed by atoms with E-state index in [2.05, 4.69) is 22.4 Å². The molecule has 3 aromatic rings. The summed E-state index contributed by atoms with van der Waals surface area (Å²) in [6, 6.07) is 18.9. The first kappa shape index (κ1) is 18.8. The summed E-state index contributed by atoms with van der Waals surface area (Å²) in [6.45, 7) is 0. The molecule has 0 aliphatic rings. The molecule has 0 bridgehead atoms. The van der Waals surface area contributed by atoms with Crippen LogP contribution in [0.25, 0.3) is 0 Å². The Morgan fingerprint density at radius 1 is 1.00 bits per heavy atom. The van der Waals surface area contributed by atoms with Crippen LogP contribution in [0, 0.1) is 0 Å². The molecule has 1 amide bonds. The van der Waals surface area contributed by atoms with E-state index >= 15 is 0 Å². The number of aromatic nitrogens is 1. The van der Waals surface area contributed by atoms with Gasteiger partial charge in [-0.05, 0) is 17.7 Å². The molecule has 0 saturated carbocycles. The Morgan fingerprint density at radius 3 is 2.37 bits per heavy atom. The number of hydrogen-bond acceptors (Lipinski definition) is 5. The van der Waals surface area contributed by atoms with E-state index in [0.29, 0.717) is 27.8 Å². The summed E-state index contributed by atoms with van der Waals surface area (Å²) in [7, 11) is 3.14. The normalized spacial score (nSPS) is 10.3. The molecular formula is C21H20N2O3S. The number of hydrogen-bond donors (Lipinski definition) is 1. The SMILES string of the molecule is COc1cc(NC(=O)c2cccnc2SCc2ccccc2)cc(OC)c1. The third-order valence-corrected chi connectivity index (χ3v) is 4.92. The Morgan fingerprint density at radius 2 is 1.70 bits per heavy atom. The highest BCUT2D eigenvalue weighted by Crippen LogP contribution is 2.28. The van der Waals surface area contributed by atoms with Crippen LogP contribution in [0.5, 0.6) is 11.5 Å². The van der Waals surface area contributed by atoms with E-state index in [9.17, 15) is 4.79 Å². The molecule has 1 heterocycles. The predicted octanol–water partition coefficient (Wildman–Crippen LogP) is 4.64. The van der Waals surface area contributed by atoms with Crippen molar-refractivity contribution < 1.29 is 14.3 Å². The number of carbonyl (C=O) groups excluding carboxylic acids is 1. The number of pyridine rings is 1. The number of methoxy groups -OCH3 is 2. The Labute approximate surface area is 162 Å². The number of nitrogens with one attached hydrogen (secondary N) is 1. The van der Waals surface area contributed by atoms with Crippen molar-refractivity contribution in [1.82, 2.24) is 4.98 Å². The van der Waals surface area contributed by atoms with Crippen molar-refractivity contribution in [2.45, 2.75) is 10.8 Å². The summed E-state index contributed by atoms with van der Waals surface area (Å²) in [5.74, 6) is 1.73. The number of amides is 1. The first-order valence-corrected chi connectivity index (χ1v) is 9.34. The topological polar surface area (TPSA) is 60.5 Å². The van der Waals surface area contributed by atoms with Crippen molar-refractivity contribution in [3.05, 3.63) is 78.0 Å². The van der Waals surface area contributed by atoms with Crippen LogP contribution in [0.4, 0.5) is 5.69 Å². The number of nitrogens with zero attached hydrogens (tertiary/aromatic N) is 1. The van der Waals surface area contributed by atoms with Gasteiger partial charge in [-0.25, -0.2) is 4.98 Å². The lowest BCUT2D eigenvalue weighted by molar-refractivity contribution is 0.102. The fourth-order valence-corrected chi connectivity index (χ4v) is 3.43. The highest BCUT2D eigenvalue weighted by Gasteiger charge is 2.14. The lowest BCUT2D eigenvalue weighted by atomic mass is 10.2. The van der Waals surface area contributed by atoms with Crippen molar-refractivity contribution in [1.29, 1.82) is 0 Å². The van der Waals surface area contributed by atoms with Crippen molar-refractivity contribution in [2.24, 2.45) is 0 Å². The Balaban J connectivity index is 1.77. The monoisotopic (exact) mass is 380 g/mol. The molecule has 138 valence electrons. The van der Waals surface area contributed by atoms with Gasteiger partial charge in [0.1, 0.15) is 16.5 Å². The minimum Gasteiger partial charge on any atom is -0.497 e. The van der Waals surface area contributed by atoms with E-state index in [0.717, 1.165) is 5.75 Å². The van der Waals surface area contributed by atoms with Gasteiger partial charge < -0.3 is 14.8 Å². The maximum atomic E-state index is 12.8. The Kier molecular flexibility index (Phi) is 6.33. The number of ether oxygens (including phenoxy) is 2. The zero-order valence-corrected chi connectivity index (χ0v) is 16.0. The summed E-state index contributed by atoms with van der Waals surface area (Å²) in [4.78, 5) is 17.2. The summed E-state index contributed by atoms with van der Waals surface area (Å²) in [6.07, 6.45) is 1.69. The van der Waals surface area contributed by atoms with E-state index in [1.165, 1.54) is 17.3 Å². The first-order valence-electron chi connectivity index (χ1n) is 8.36. The zero-order chi connectivity index (χ0) is 19.1. The van der Waals surface area contributed by atoms with Gasteiger partial charge in [-0.2, -0.15) is 0 Å². The fraction of sp³-hybridized carbons (Fsp3) is 0.143. The third-order valence-electron chi connectivity index (χ3n) is 3.84. The minimum absolute atomic E-state index is 0.228. The molecule has 0 aliphatic heterocycles. The van der Waals surface area contributed by atoms with Gasteiger partial charge in [0.25, 0.3) is 5.91 Å². The van der Waals surface area contributed by atoms with Crippen LogP contribution in [0.15, 0.2) is 71.9 Å². The fourth-order valence-electron chi connectivity index (χ4n) is 2.48. The number of carbonyl (C=O) groups is 1. The highest BCUT2D eigenvalue weighted by molar-refractivity contribution is 7.98. The molecule has 5 nitrogen and oxygen atoms in total. The van der Waals surface area contributed by atoms with Crippen molar-refractivity contribution in [3.8, 4) is 11.5 Å². The molecule has 0 atom stereocenters. The van der Waals surface area contributed by atoms with Crippen LogP contribution in [-0.4, -0.2) is 25.1 Å². The van der Waals surface area contributed by atoms with E-state index in [-0.39, 0.29) is 5.91 Å². The Hall–Kier alpha value is -2.99. The highest BCUT2D eigenvalue weighted by atomic mass is 32.2. The minimum atomic E-state index is -0.228. The summed E-state index contributed by atoms with van der Waals surface area (Å²) in [5.41, 5.74) is 2.30. The quantitative estimate of drug-likeness (QED) is 0.605. The largest absolute Gasteiger partial charge is 0.497 e. The molecule has 0 saturated heterocycles. The van der Waals surface area contributed by atoms with Gasteiger partial charge in [-0.15, -0.1) is 11.8 Å². The van der Waals surface area contributed by atoms with E-state index in [1.807, 2.05) is 18.2 Å². The molecule has 0 radical (unpaired) electrons. The van der Waals surface area contributed by atoms with Gasteiger partial charge in [0.2, 0.25) is 0 Å². The maximum Gasteiger partial charge on any atom is 0.258 e. The molecular weight excluding hydrogens is 360 g/mol. The van der Waals surface area contributed by atoms with Crippen LogP contribution >= 0.6 is 11.8 Å². The number of thioether (sulfide) groups is 1. The molecule has 27 heavy (non-hydrogen) atoms. The van der Waals surface area contributed by atoms with Crippen LogP contribution < -0.4 is 14.8 Å². The third kappa shape index (κ3) is 5.01. The summed E-state index contributed by atoms with van der Waals surface area (Å²) in [5, 5.41) is 3.58. The van der Waals surface area contributed by atoms with Gasteiger partial charge in [-0.3, -0.25) is 4.79 Å². The predicted molar refractivity (Wildman–Crippen MR) is 108 cm³/mol. The van der Waals surface area contributed by atoms with E-state index < -0.39 is 0 Å². The lowest BCUT2D eigenvalue weighted by Gasteiger charge is -2.11. The number of benzene rings is 2. The molecule has 0 fully saturated rings. The van der Waals surface area contributed by atoms with Crippen molar-refractivity contribution in [3.63, 3.8) is 0 Å². The second kappa shape index (κ2) is 9.09. The molecule has 0 aliphatic carbocycles. The van der Waals surface area contributed by atoms with E-state index in [1.54, 1.807) is 50.7 Å². The van der Waals surface area contributed by atoms with Gasteiger partial charge in [0, 0.05) is 35.8 Å². The number of anilines is 1. The standard InChI is InChI=1S/C21H20N2O3S/c1-25-17-11-16(12-18(13-17)26-2)23-20(24)19-9-6-10-22-21(19)27-14-15-7-4-3-5-8-15/h3-13H,14H2,1-2H3,(H,23,24). The molecule has 2 aromatic carbocycles. The van der Waals surface area contributed by atoms with Gasteiger partial charge in [-0.1, -0.05) is 30.3 Å². The van der Waals surface area contributed by atoms with Crippen LogP contribution in [0.3, 0.4) is 0 Å². The lowest BCUT2D eigenvalue weighted by Crippen LogP contribution is -2.13. The molecule has 0 spiro atoms. The average molecular weight is 380 g/mol. The van der Waals surface area contributed by atoms with Crippen LogP contribution in [-0.2, 0) is 5.75 Å². The summed E-state index contributed by atoms with van der Waals surface area (Å²) < 4.78 is 10.5.